The number of piperidine rings is 1. The van der Waals surface area contributed by atoms with Crippen LogP contribution in [-0.2, 0) is 0 Å². The van der Waals surface area contributed by atoms with E-state index in [0.29, 0.717) is 12.8 Å². The second-order valence-electron chi connectivity index (χ2n) is 7.78. The number of carbonyl (C=O) groups is 1. The second kappa shape index (κ2) is 6.35. The van der Waals surface area contributed by atoms with E-state index in [9.17, 15) is 13.6 Å². The number of hydrogen-bond acceptors (Lipinski definition) is 2. The van der Waals surface area contributed by atoms with E-state index in [1.54, 1.807) is 0 Å². The molecule has 2 unspecified atom stereocenters. The Morgan fingerprint density at radius 2 is 1.80 bits per heavy atom. The first kappa shape index (κ1) is 17.0. The quantitative estimate of drug-likeness (QED) is 0.780. The minimum Gasteiger partial charge on any atom is -0.316 e. The van der Waals surface area contributed by atoms with Crippen molar-refractivity contribution in [3.8, 4) is 0 Å². The number of carbonyl (C=O) groups excluding carboxylic acids is 1. The first-order chi connectivity index (χ1) is 12.0. The van der Waals surface area contributed by atoms with Crippen LogP contribution in [0.25, 0.3) is 0 Å². The zero-order chi connectivity index (χ0) is 17.6. The molecule has 0 radical (unpaired) electrons. The Morgan fingerprint density at radius 1 is 1.08 bits per heavy atom. The Kier molecular flexibility index (Phi) is 4.30. The standard InChI is InChI=1S/C20H26F2N2O/c1-14-16-6-2-3-7-17(16)19(25)24(14)18-8-4-5-13-23(18)15-9-11-20(21,22)12-10-15/h2-3,6-7,14-15,18H,4-5,8-13H2,1H3. The Morgan fingerprint density at radius 3 is 2.52 bits per heavy atom. The number of hydrogen-bond donors (Lipinski definition) is 0. The summed E-state index contributed by atoms with van der Waals surface area (Å²) in [5.41, 5.74) is 1.89. The fourth-order valence-corrected chi connectivity index (χ4v) is 4.93. The molecule has 25 heavy (non-hydrogen) atoms. The predicted molar refractivity (Wildman–Crippen MR) is 92.6 cm³/mol. The zero-order valence-electron chi connectivity index (χ0n) is 14.8. The van der Waals surface area contributed by atoms with Gasteiger partial charge in [0.1, 0.15) is 0 Å². The molecule has 3 nitrogen and oxygen atoms in total. The Balaban J connectivity index is 1.57. The van der Waals surface area contributed by atoms with Crippen LogP contribution in [0.4, 0.5) is 8.78 Å². The number of nitrogens with zero attached hydrogens (tertiary/aromatic N) is 2. The third-order valence-corrected chi connectivity index (χ3v) is 6.28. The van der Waals surface area contributed by atoms with Crippen LogP contribution in [0, 0.1) is 0 Å². The highest BCUT2D eigenvalue weighted by atomic mass is 19.3. The molecule has 1 saturated carbocycles. The van der Waals surface area contributed by atoms with E-state index in [2.05, 4.69) is 11.8 Å². The Hall–Kier alpha value is -1.49. The van der Waals surface area contributed by atoms with Crippen molar-refractivity contribution in [2.45, 2.75) is 76.0 Å². The van der Waals surface area contributed by atoms with Crippen molar-refractivity contribution in [3.05, 3.63) is 35.4 Å². The molecular weight excluding hydrogens is 322 g/mol. The van der Waals surface area contributed by atoms with Gasteiger partial charge in [-0.05, 0) is 50.7 Å². The van der Waals surface area contributed by atoms with Gasteiger partial charge in [-0.1, -0.05) is 18.2 Å². The van der Waals surface area contributed by atoms with Crippen molar-refractivity contribution in [2.75, 3.05) is 6.54 Å². The molecule has 4 rings (SSSR count). The molecule has 0 aromatic heterocycles. The lowest BCUT2D eigenvalue weighted by Gasteiger charge is -2.48. The second-order valence-corrected chi connectivity index (χ2v) is 7.78. The van der Waals surface area contributed by atoms with Gasteiger partial charge < -0.3 is 4.90 Å². The monoisotopic (exact) mass is 348 g/mol. The number of likely N-dealkylation sites (tertiary alicyclic amines) is 1. The van der Waals surface area contributed by atoms with Gasteiger partial charge in [-0.25, -0.2) is 8.78 Å². The molecule has 3 aliphatic rings. The third kappa shape index (κ3) is 2.97. The Bertz CT molecular complexity index is 653. The third-order valence-electron chi connectivity index (χ3n) is 6.28. The molecule has 1 aromatic carbocycles. The van der Waals surface area contributed by atoms with Crippen LogP contribution in [0.5, 0.6) is 0 Å². The highest BCUT2D eigenvalue weighted by Gasteiger charge is 2.45. The van der Waals surface area contributed by atoms with Gasteiger partial charge in [0.15, 0.2) is 0 Å². The van der Waals surface area contributed by atoms with Crippen molar-refractivity contribution in [1.82, 2.24) is 9.80 Å². The molecule has 0 spiro atoms. The van der Waals surface area contributed by atoms with Crippen molar-refractivity contribution < 1.29 is 13.6 Å². The summed E-state index contributed by atoms with van der Waals surface area (Å²) in [5, 5.41) is 0. The first-order valence-corrected chi connectivity index (χ1v) is 9.53. The average molecular weight is 348 g/mol. The smallest absolute Gasteiger partial charge is 0.255 e. The summed E-state index contributed by atoms with van der Waals surface area (Å²) in [5.74, 6) is -2.41. The predicted octanol–water partition coefficient (Wildman–Crippen LogP) is 4.59. The Labute approximate surface area is 148 Å². The van der Waals surface area contributed by atoms with Crippen LogP contribution in [0.15, 0.2) is 24.3 Å². The maximum absolute atomic E-state index is 13.6. The van der Waals surface area contributed by atoms with Crippen LogP contribution in [0.2, 0.25) is 0 Å². The summed E-state index contributed by atoms with van der Waals surface area (Å²) >= 11 is 0. The maximum atomic E-state index is 13.6. The van der Waals surface area contributed by atoms with E-state index in [1.807, 2.05) is 29.2 Å². The van der Waals surface area contributed by atoms with Crippen LogP contribution in [0.3, 0.4) is 0 Å². The molecule has 2 fully saturated rings. The molecule has 5 heteroatoms. The summed E-state index contributed by atoms with van der Waals surface area (Å²) < 4.78 is 27.1. The molecule has 136 valence electrons. The lowest BCUT2D eigenvalue weighted by atomic mass is 9.89. The normalized spacial score (nSPS) is 30.5. The molecule has 0 N–H and O–H groups in total. The molecule has 1 aliphatic carbocycles. The molecule has 2 atom stereocenters. The average Bonchev–Trinajstić information content (AvgIpc) is 2.87. The van der Waals surface area contributed by atoms with Gasteiger partial charge in [0.05, 0.1) is 12.2 Å². The van der Waals surface area contributed by atoms with Gasteiger partial charge in [0.2, 0.25) is 5.92 Å². The fourth-order valence-electron chi connectivity index (χ4n) is 4.93. The topological polar surface area (TPSA) is 23.6 Å². The molecule has 2 aliphatic heterocycles. The van der Waals surface area contributed by atoms with E-state index in [4.69, 9.17) is 0 Å². The van der Waals surface area contributed by atoms with Gasteiger partial charge in [-0.2, -0.15) is 0 Å². The largest absolute Gasteiger partial charge is 0.316 e. The number of benzene rings is 1. The van der Waals surface area contributed by atoms with E-state index in [1.165, 1.54) is 0 Å². The lowest BCUT2D eigenvalue weighted by Crippen LogP contribution is -2.56. The minimum absolute atomic E-state index is 0.0232. The highest BCUT2D eigenvalue weighted by molar-refractivity contribution is 5.99. The number of alkyl halides is 2. The lowest BCUT2D eigenvalue weighted by molar-refractivity contribution is -0.0791. The summed E-state index contributed by atoms with van der Waals surface area (Å²) in [6.07, 6.45) is 4.19. The maximum Gasteiger partial charge on any atom is 0.255 e. The molecular formula is C20H26F2N2O. The van der Waals surface area contributed by atoms with Crippen LogP contribution in [0.1, 0.15) is 73.8 Å². The number of halogens is 2. The van der Waals surface area contributed by atoms with Crippen LogP contribution < -0.4 is 0 Å². The van der Waals surface area contributed by atoms with Gasteiger partial charge in [-0.15, -0.1) is 0 Å². The van der Waals surface area contributed by atoms with Crippen molar-refractivity contribution in [3.63, 3.8) is 0 Å². The van der Waals surface area contributed by atoms with Crippen LogP contribution >= 0.6 is 0 Å². The van der Waals surface area contributed by atoms with Gasteiger partial charge >= 0.3 is 0 Å². The van der Waals surface area contributed by atoms with E-state index in [0.717, 1.165) is 36.9 Å². The van der Waals surface area contributed by atoms with Gasteiger partial charge in [0, 0.05) is 31.0 Å². The van der Waals surface area contributed by atoms with Gasteiger partial charge in [0.25, 0.3) is 5.91 Å². The number of rotatable bonds is 2. The van der Waals surface area contributed by atoms with E-state index >= 15 is 0 Å². The molecule has 1 saturated heterocycles. The summed E-state index contributed by atoms with van der Waals surface area (Å²) in [4.78, 5) is 17.4. The zero-order valence-corrected chi connectivity index (χ0v) is 14.8. The summed E-state index contributed by atoms with van der Waals surface area (Å²) in [6.45, 7) is 3.00. The summed E-state index contributed by atoms with van der Waals surface area (Å²) in [7, 11) is 0. The highest BCUT2D eigenvalue weighted by Crippen LogP contribution is 2.41. The van der Waals surface area contributed by atoms with E-state index in [-0.39, 0.29) is 37.0 Å². The van der Waals surface area contributed by atoms with Gasteiger partial charge in [-0.3, -0.25) is 9.69 Å². The summed E-state index contributed by atoms with van der Waals surface area (Å²) in [6, 6.07) is 8.06. The molecule has 1 amide bonds. The molecule has 0 bridgehead atoms. The SMILES string of the molecule is CC1c2ccccc2C(=O)N1C1CCCCN1C1CCC(F)(F)CC1. The molecule has 2 heterocycles. The first-order valence-electron chi connectivity index (χ1n) is 9.53. The number of fused-ring (bicyclic) bond motifs is 1. The number of amides is 1. The van der Waals surface area contributed by atoms with Crippen molar-refractivity contribution >= 4 is 5.91 Å². The van der Waals surface area contributed by atoms with E-state index < -0.39 is 5.92 Å². The van der Waals surface area contributed by atoms with Crippen molar-refractivity contribution in [1.29, 1.82) is 0 Å². The minimum atomic E-state index is -2.51. The molecule has 1 aromatic rings. The van der Waals surface area contributed by atoms with Crippen LogP contribution in [-0.4, -0.2) is 40.4 Å². The fraction of sp³-hybridized carbons (Fsp3) is 0.650. The van der Waals surface area contributed by atoms with Crippen molar-refractivity contribution in [2.24, 2.45) is 0 Å².